The van der Waals surface area contributed by atoms with Gasteiger partial charge in [0.05, 0.1) is 5.75 Å². The highest BCUT2D eigenvalue weighted by atomic mass is 79.9. The minimum absolute atomic E-state index is 0.118. The third kappa shape index (κ3) is 5.07. The Balaban J connectivity index is 1.91. The van der Waals surface area contributed by atoms with Crippen LogP contribution in [0.4, 0.5) is 5.69 Å². The normalized spacial score (nSPS) is 10.6. The molecule has 2 amide bonds. The smallest absolute Gasteiger partial charge is 0.234 e. The molecule has 0 saturated carbocycles. The van der Waals surface area contributed by atoms with Crippen molar-refractivity contribution < 1.29 is 9.59 Å². The van der Waals surface area contributed by atoms with Crippen molar-refractivity contribution in [1.29, 1.82) is 0 Å². The number of rotatable bonds is 7. The minimum atomic E-state index is -0.378. The summed E-state index contributed by atoms with van der Waals surface area (Å²) in [6, 6.07) is 5.67. The number of aryl methyl sites for hydroxylation is 2. The van der Waals surface area contributed by atoms with Gasteiger partial charge in [-0.3, -0.25) is 9.59 Å². The number of halogens is 1. The lowest BCUT2D eigenvalue weighted by Crippen LogP contribution is -2.15. The Morgan fingerprint density at radius 3 is 2.79 bits per heavy atom. The fourth-order valence-electron chi connectivity index (χ4n) is 2.01. The number of nitrogens with zero attached hydrogens (tertiary/aromatic N) is 3. The first kappa shape index (κ1) is 18.5. The van der Waals surface area contributed by atoms with E-state index in [9.17, 15) is 9.59 Å². The molecule has 0 fully saturated rings. The topological polar surface area (TPSA) is 103 Å². The molecule has 0 bridgehead atoms. The number of hydrogen-bond acceptors (Lipinski definition) is 5. The van der Waals surface area contributed by atoms with Gasteiger partial charge in [-0.2, -0.15) is 0 Å². The van der Waals surface area contributed by atoms with Crippen molar-refractivity contribution in [1.82, 2.24) is 14.8 Å². The maximum Gasteiger partial charge on any atom is 0.234 e. The number of aromatic nitrogens is 3. The standard InChI is InChI=1S/C15H18BrN5O2S/c1-9-7-10(16)3-4-11(9)18-14(23)8-24-15-20-19-13(21(15)2)6-5-12(17)22/h3-4,7H,5-6,8H2,1-2H3,(H2,17,22)(H,18,23). The number of carbonyl (C=O) groups excluding carboxylic acids is 2. The number of thioether (sulfide) groups is 1. The molecular formula is C15H18BrN5O2S. The maximum atomic E-state index is 12.1. The number of anilines is 1. The first-order valence-corrected chi connectivity index (χ1v) is 9.00. The van der Waals surface area contributed by atoms with Gasteiger partial charge in [0.15, 0.2) is 5.16 Å². The lowest BCUT2D eigenvalue weighted by atomic mass is 10.2. The van der Waals surface area contributed by atoms with Crippen molar-refractivity contribution in [3.05, 3.63) is 34.1 Å². The second-order valence-corrected chi connectivity index (χ2v) is 7.08. The van der Waals surface area contributed by atoms with E-state index in [-0.39, 0.29) is 24.0 Å². The van der Waals surface area contributed by atoms with Gasteiger partial charge in [-0.05, 0) is 30.7 Å². The fourth-order valence-corrected chi connectivity index (χ4v) is 3.21. The van der Waals surface area contributed by atoms with Gasteiger partial charge >= 0.3 is 0 Å². The number of benzene rings is 1. The minimum Gasteiger partial charge on any atom is -0.370 e. The summed E-state index contributed by atoms with van der Waals surface area (Å²) in [6.07, 6.45) is 0.656. The molecule has 7 nitrogen and oxygen atoms in total. The Labute approximate surface area is 152 Å². The van der Waals surface area contributed by atoms with E-state index in [1.165, 1.54) is 11.8 Å². The zero-order chi connectivity index (χ0) is 17.7. The van der Waals surface area contributed by atoms with Crippen molar-refractivity contribution in [2.24, 2.45) is 12.8 Å². The molecule has 0 aliphatic heterocycles. The Morgan fingerprint density at radius 1 is 1.38 bits per heavy atom. The quantitative estimate of drug-likeness (QED) is 0.678. The zero-order valence-electron chi connectivity index (χ0n) is 13.4. The van der Waals surface area contributed by atoms with E-state index in [2.05, 4.69) is 31.4 Å². The monoisotopic (exact) mass is 411 g/mol. The van der Waals surface area contributed by atoms with Crippen molar-refractivity contribution >= 4 is 45.2 Å². The molecule has 128 valence electrons. The Morgan fingerprint density at radius 2 is 2.12 bits per heavy atom. The van der Waals surface area contributed by atoms with E-state index in [1.54, 1.807) is 11.6 Å². The molecule has 2 aromatic rings. The average Bonchev–Trinajstić information content (AvgIpc) is 2.86. The van der Waals surface area contributed by atoms with Crippen LogP contribution < -0.4 is 11.1 Å². The molecular weight excluding hydrogens is 394 g/mol. The maximum absolute atomic E-state index is 12.1. The number of carbonyl (C=O) groups is 2. The second kappa shape index (κ2) is 8.29. The second-order valence-electron chi connectivity index (χ2n) is 5.22. The van der Waals surface area contributed by atoms with E-state index < -0.39 is 0 Å². The lowest BCUT2D eigenvalue weighted by molar-refractivity contribution is -0.118. The number of amides is 2. The van der Waals surface area contributed by atoms with E-state index in [0.29, 0.717) is 17.4 Å². The summed E-state index contributed by atoms with van der Waals surface area (Å²) in [5, 5.41) is 11.6. The fraction of sp³-hybridized carbons (Fsp3) is 0.333. The van der Waals surface area contributed by atoms with Crippen LogP contribution in [0.2, 0.25) is 0 Å². The van der Waals surface area contributed by atoms with Gasteiger partial charge in [0, 0.05) is 30.0 Å². The predicted octanol–water partition coefficient (Wildman–Crippen LogP) is 2.03. The third-order valence-corrected chi connectivity index (χ3v) is 4.83. The van der Waals surface area contributed by atoms with Crippen LogP contribution in [0.15, 0.2) is 27.8 Å². The van der Waals surface area contributed by atoms with Crippen molar-refractivity contribution in [2.75, 3.05) is 11.1 Å². The Kier molecular flexibility index (Phi) is 6.38. The molecule has 0 atom stereocenters. The van der Waals surface area contributed by atoms with Crippen LogP contribution in [0, 0.1) is 6.92 Å². The van der Waals surface area contributed by atoms with Gasteiger partial charge in [0.1, 0.15) is 5.82 Å². The van der Waals surface area contributed by atoms with Crippen LogP contribution in [-0.2, 0) is 23.1 Å². The SMILES string of the molecule is Cc1cc(Br)ccc1NC(=O)CSc1nnc(CCC(N)=O)n1C. The third-order valence-electron chi connectivity index (χ3n) is 3.31. The first-order chi connectivity index (χ1) is 11.4. The van der Waals surface area contributed by atoms with Crippen LogP contribution in [0.1, 0.15) is 17.8 Å². The summed E-state index contributed by atoms with van der Waals surface area (Å²) in [5.41, 5.74) is 6.90. The molecule has 0 radical (unpaired) electrons. The van der Waals surface area contributed by atoms with E-state index >= 15 is 0 Å². The summed E-state index contributed by atoms with van der Waals surface area (Å²) >= 11 is 4.68. The van der Waals surface area contributed by atoms with Crippen molar-refractivity contribution in [2.45, 2.75) is 24.9 Å². The van der Waals surface area contributed by atoms with Crippen LogP contribution in [0.5, 0.6) is 0 Å². The summed E-state index contributed by atoms with van der Waals surface area (Å²) in [6.45, 7) is 1.93. The molecule has 3 N–H and O–H groups in total. The number of primary amides is 1. The molecule has 0 aliphatic carbocycles. The van der Waals surface area contributed by atoms with E-state index in [4.69, 9.17) is 5.73 Å². The highest BCUT2D eigenvalue weighted by Crippen LogP contribution is 2.21. The zero-order valence-corrected chi connectivity index (χ0v) is 15.8. The summed E-state index contributed by atoms with van der Waals surface area (Å²) in [7, 11) is 1.80. The van der Waals surface area contributed by atoms with Gasteiger partial charge in [-0.1, -0.05) is 27.7 Å². The number of nitrogens with two attached hydrogens (primary N) is 1. The highest BCUT2D eigenvalue weighted by Gasteiger charge is 2.12. The molecule has 1 heterocycles. The average molecular weight is 412 g/mol. The van der Waals surface area contributed by atoms with Gasteiger partial charge < -0.3 is 15.6 Å². The molecule has 2 rings (SSSR count). The molecule has 0 spiro atoms. The van der Waals surface area contributed by atoms with Crippen molar-refractivity contribution in [3.8, 4) is 0 Å². The molecule has 1 aromatic carbocycles. The Hall–Kier alpha value is -1.87. The number of hydrogen-bond donors (Lipinski definition) is 2. The summed E-state index contributed by atoms with van der Waals surface area (Å²) in [5.74, 6) is 0.390. The molecule has 0 saturated heterocycles. The summed E-state index contributed by atoms with van der Waals surface area (Å²) < 4.78 is 2.74. The molecule has 24 heavy (non-hydrogen) atoms. The van der Waals surface area contributed by atoms with Crippen LogP contribution in [0.25, 0.3) is 0 Å². The molecule has 9 heteroatoms. The van der Waals surface area contributed by atoms with Gasteiger partial charge in [-0.25, -0.2) is 0 Å². The van der Waals surface area contributed by atoms with Gasteiger partial charge in [0.25, 0.3) is 0 Å². The molecule has 0 unspecified atom stereocenters. The summed E-state index contributed by atoms with van der Waals surface area (Å²) in [4.78, 5) is 22.9. The largest absolute Gasteiger partial charge is 0.370 e. The van der Waals surface area contributed by atoms with Crippen LogP contribution in [0.3, 0.4) is 0 Å². The predicted molar refractivity (Wildman–Crippen MR) is 96.8 cm³/mol. The number of nitrogens with one attached hydrogen (secondary N) is 1. The molecule has 0 aliphatic rings. The Bertz CT molecular complexity index is 762. The van der Waals surface area contributed by atoms with Crippen LogP contribution in [-0.4, -0.2) is 32.3 Å². The lowest BCUT2D eigenvalue weighted by Gasteiger charge is -2.08. The first-order valence-electron chi connectivity index (χ1n) is 7.22. The van der Waals surface area contributed by atoms with Gasteiger partial charge in [-0.15, -0.1) is 10.2 Å². The van der Waals surface area contributed by atoms with E-state index in [0.717, 1.165) is 15.7 Å². The van der Waals surface area contributed by atoms with Crippen molar-refractivity contribution in [3.63, 3.8) is 0 Å². The highest BCUT2D eigenvalue weighted by molar-refractivity contribution is 9.10. The van der Waals surface area contributed by atoms with E-state index in [1.807, 2.05) is 25.1 Å². The molecule has 1 aromatic heterocycles. The van der Waals surface area contributed by atoms with Gasteiger partial charge in [0.2, 0.25) is 11.8 Å². The van der Waals surface area contributed by atoms with Crippen LogP contribution >= 0.6 is 27.7 Å².